The Morgan fingerprint density at radius 2 is 2.54 bits per heavy atom. The lowest BCUT2D eigenvalue weighted by atomic mass is 10.3. The van der Waals surface area contributed by atoms with E-state index in [2.05, 4.69) is 17.1 Å². The molecule has 0 atom stereocenters. The fourth-order valence-corrected chi connectivity index (χ4v) is 0.812. The average molecular weight is 178 g/mol. The lowest BCUT2D eigenvalue weighted by Gasteiger charge is -1.95. The molecule has 1 aromatic rings. The van der Waals surface area contributed by atoms with E-state index in [9.17, 15) is 0 Å². The molecule has 0 fully saturated rings. The lowest BCUT2D eigenvalue weighted by molar-refractivity contribution is 0.143. The third kappa shape index (κ3) is 4.25. The summed E-state index contributed by atoms with van der Waals surface area (Å²) in [4.78, 5) is 8.97. The van der Waals surface area contributed by atoms with E-state index in [1.54, 1.807) is 18.6 Å². The van der Waals surface area contributed by atoms with Crippen molar-refractivity contribution in [3.8, 4) is 0 Å². The predicted octanol–water partition coefficient (Wildman–Crippen LogP) is 2.23. The Hall–Kier alpha value is -1.38. The van der Waals surface area contributed by atoms with Crippen molar-refractivity contribution >= 4 is 6.21 Å². The summed E-state index contributed by atoms with van der Waals surface area (Å²) in [5, 5.41) is 3.81. The quantitative estimate of drug-likeness (QED) is 0.393. The monoisotopic (exact) mass is 178 g/mol. The predicted molar refractivity (Wildman–Crippen MR) is 52.7 cm³/mol. The molecule has 0 bridgehead atoms. The van der Waals surface area contributed by atoms with E-state index in [0.717, 1.165) is 18.4 Å². The van der Waals surface area contributed by atoms with Gasteiger partial charge in [0, 0.05) is 18.0 Å². The number of rotatable bonds is 5. The van der Waals surface area contributed by atoms with Crippen molar-refractivity contribution in [1.29, 1.82) is 0 Å². The molecule has 1 rings (SSSR count). The van der Waals surface area contributed by atoms with Crippen molar-refractivity contribution < 1.29 is 4.84 Å². The average Bonchev–Trinajstić information content (AvgIpc) is 2.19. The smallest absolute Gasteiger partial charge is 0.117 e. The maximum atomic E-state index is 5.02. The standard InChI is InChI=1S/C10H14N2O/c1-2-3-7-13-12-9-10-5-4-6-11-8-10/h4-6,8-9H,2-3,7H2,1H3. The first-order valence-electron chi connectivity index (χ1n) is 4.49. The summed E-state index contributed by atoms with van der Waals surface area (Å²) in [5.74, 6) is 0. The Morgan fingerprint density at radius 3 is 3.23 bits per heavy atom. The SMILES string of the molecule is CCCCON=Cc1cccnc1. The van der Waals surface area contributed by atoms with Crippen LogP contribution >= 0.6 is 0 Å². The number of pyridine rings is 1. The Kier molecular flexibility index (Phi) is 4.61. The van der Waals surface area contributed by atoms with E-state index in [1.165, 1.54) is 0 Å². The maximum absolute atomic E-state index is 5.02. The highest BCUT2D eigenvalue weighted by Gasteiger charge is 1.85. The van der Waals surface area contributed by atoms with Gasteiger partial charge in [-0.1, -0.05) is 24.6 Å². The molecule has 70 valence electrons. The molecular formula is C10H14N2O. The minimum Gasteiger partial charge on any atom is -0.396 e. The molecule has 1 heterocycles. The van der Waals surface area contributed by atoms with Crippen LogP contribution in [0.2, 0.25) is 0 Å². The Bertz CT molecular complexity index is 246. The molecule has 0 spiro atoms. The second-order valence-corrected chi connectivity index (χ2v) is 2.71. The molecular weight excluding hydrogens is 164 g/mol. The van der Waals surface area contributed by atoms with Crippen LogP contribution in [0, 0.1) is 0 Å². The third-order valence-corrected chi connectivity index (χ3v) is 1.55. The number of hydrogen-bond acceptors (Lipinski definition) is 3. The van der Waals surface area contributed by atoms with E-state index in [4.69, 9.17) is 4.84 Å². The van der Waals surface area contributed by atoms with Gasteiger partial charge in [0.2, 0.25) is 0 Å². The van der Waals surface area contributed by atoms with E-state index < -0.39 is 0 Å². The van der Waals surface area contributed by atoms with Crippen LogP contribution in [0.3, 0.4) is 0 Å². The van der Waals surface area contributed by atoms with Gasteiger partial charge in [-0.3, -0.25) is 4.98 Å². The zero-order valence-electron chi connectivity index (χ0n) is 7.81. The third-order valence-electron chi connectivity index (χ3n) is 1.55. The van der Waals surface area contributed by atoms with Crippen LogP contribution in [-0.2, 0) is 4.84 Å². The van der Waals surface area contributed by atoms with Crippen molar-refractivity contribution in [2.45, 2.75) is 19.8 Å². The molecule has 0 aliphatic rings. The Balaban J connectivity index is 2.25. The first kappa shape index (κ1) is 9.71. The largest absolute Gasteiger partial charge is 0.396 e. The first-order valence-corrected chi connectivity index (χ1v) is 4.49. The number of unbranched alkanes of at least 4 members (excludes halogenated alkanes) is 1. The van der Waals surface area contributed by atoms with E-state index >= 15 is 0 Å². The van der Waals surface area contributed by atoms with Crippen LogP contribution in [0.1, 0.15) is 25.3 Å². The zero-order chi connectivity index (χ0) is 9.36. The Morgan fingerprint density at radius 1 is 1.62 bits per heavy atom. The molecule has 0 amide bonds. The molecule has 0 N–H and O–H groups in total. The summed E-state index contributed by atoms with van der Waals surface area (Å²) >= 11 is 0. The van der Waals surface area contributed by atoms with Crippen molar-refractivity contribution in [2.24, 2.45) is 5.16 Å². The molecule has 0 aliphatic carbocycles. The Labute approximate surface area is 78.4 Å². The lowest BCUT2D eigenvalue weighted by Crippen LogP contribution is -1.88. The van der Waals surface area contributed by atoms with Gasteiger partial charge in [-0.15, -0.1) is 0 Å². The van der Waals surface area contributed by atoms with Crippen LogP contribution in [0.5, 0.6) is 0 Å². The summed E-state index contributed by atoms with van der Waals surface area (Å²) in [5.41, 5.74) is 0.957. The van der Waals surface area contributed by atoms with E-state index in [0.29, 0.717) is 6.61 Å². The van der Waals surface area contributed by atoms with Gasteiger partial charge in [0.25, 0.3) is 0 Å². The summed E-state index contributed by atoms with van der Waals surface area (Å²) in [6.07, 6.45) is 7.32. The summed E-state index contributed by atoms with van der Waals surface area (Å²) < 4.78 is 0. The van der Waals surface area contributed by atoms with Gasteiger partial charge in [0.1, 0.15) is 6.61 Å². The highest BCUT2D eigenvalue weighted by atomic mass is 16.6. The fraction of sp³-hybridized carbons (Fsp3) is 0.400. The van der Waals surface area contributed by atoms with Crippen LogP contribution in [-0.4, -0.2) is 17.8 Å². The molecule has 1 aromatic heterocycles. The zero-order valence-corrected chi connectivity index (χ0v) is 7.81. The highest BCUT2D eigenvalue weighted by Crippen LogP contribution is 1.92. The van der Waals surface area contributed by atoms with Crippen LogP contribution in [0.4, 0.5) is 0 Å². The highest BCUT2D eigenvalue weighted by molar-refractivity contribution is 5.78. The van der Waals surface area contributed by atoms with Crippen LogP contribution < -0.4 is 0 Å². The minimum absolute atomic E-state index is 0.688. The molecule has 0 saturated carbocycles. The van der Waals surface area contributed by atoms with Crippen molar-refractivity contribution in [3.05, 3.63) is 30.1 Å². The normalized spacial score (nSPS) is 10.5. The number of nitrogens with zero attached hydrogens (tertiary/aromatic N) is 2. The number of oxime groups is 1. The van der Waals surface area contributed by atoms with Gasteiger partial charge < -0.3 is 4.84 Å². The van der Waals surface area contributed by atoms with Gasteiger partial charge in [0.05, 0.1) is 6.21 Å². The van der Waals surface area contributed by atoms with Gasteiger partial charge >= 0.3 is 0 Å². The molecule has 0 saturated heterocycles. The summed E-state index contributed by atoms with van der Waals surface area (Å²) in [7, 11) is 0. The molecule has 0 aliphatic heterocycles. The molecule has 3 nitrogen and oxygen atoms in total. The maximum Gasteiger partial charge on any atom is 0.117 e. The topological polar surface area (TPSA) is 34.5 Å². The minimum atomic E-state index is 0.688. The van der Waals surface area contributed by atoms with Gasteiger partial charge in [-0.2, -0.15) is 0 Å². The molecule has 13 heavy (non-hydrogen) atoms. The fourth-order valence-electron chi connectivity index (χ4n) is 0.812. The summed E-state index contributed by atoms with van der Waals surface area (Å²) in [6.45, 7) is 2.81. The van der Waals surface area contributed by atoms with Crippen LogP contribution in [0.15, 0.2) is 29.7 Å². The first-order chi connectivity index (χ1) is 6.43. The number of aromatic nitrogens is 1. The molecule has 0 aromatic carbocycles. The van der Waals surface area contributed by atoms with Gasteiger partial charge in [-0.25, -0.2) is 0 Å². The van der Waals surface area contributed by atoms with Gasteiger partial charge in [-0.05, 0) is 12.5 Å². The summed E-state index contributed by atoms with van der Waals surface area (Å²) in [6, 6.07) is 3.80. The molecule has 3 heteroatoms. The van der Waals surface area contributed by atoms with Crippen molar-refractivity contribution in [3.63, 3.8) is 0 Å². The van der Waals surface area contributed by atoms with Gasteiger partial charge in [0.15, 0.2) is 0 Å². The van der Waals surface area contributed by atoms with E-state index in [1.807, 2.05) is 12.1 Å². The van der Waals surface area contributed by atoms with Crippen molar-refractivity contribution in [2.75, 3.05) is 6.61 Å². The second kappa shape index (κ2) is 6.17. The molecule has 0 radical (unpaired) electrons. The molecule has 0 unspecified atom stereocenters. The van der Waals surface area contributed by atoms with Crippen molar-refractivity contribution in [1.82, 2.24) is 4.98 Å². The van der Waals surface area contributed by atoms with Crippen LogP contribution in [0.25, 0.3) is 0 Å². The second-order valence-electron chi connectivity index (χ2n) is 2.71. The van der Waals surface area contributed by atoms with E-state index in [-0.39, 0.29) is 0 Å². The number of hydrogen-bond donors (Lipinski definition) is 0.